The lowest BCUT2D eigenvalue weighted by molar-refractivity contribution is -0.140. The number of hydrogen-bond donors (Lipinski definition) is 2. The van der Waals surface area contributed by atoms with Gasteiger partial charge in [-0.2, -0.15) is 0 Å². The third-order valence-corrected chi connectivity index (χ3v) is 3.97. The normalized spacial score (nSPS) is 23.7. The molecule has 0 saturated heterocycles. The first-order valence-electron chi connectivity index (χ1n) is 6.25. The highest BCUT2D eigenvalue weighted by Crippen LogP contribution is 2.58. The number of nitrogens with one attached hydrogen (secondary N) is 1. The predicted octanol–water partition coefficient (Wildman–Crippen LogP) is 1.36. The molecule has 1 heterocycles. The zero-order valence-electron chi connectivity index (χ0n) is 11.3. The van der Waals surface area contributed by atoms with Gasteiger partial charge in [0.25, 0.3) is 0 Å². The molecule has 1 aromatic rings. The molecule has 0 bridgehead atoms. The van der Waals surface area contributed by atoms with E-state index in [2.05, 4.69) is 10.3 Å². The van der Waals surface area contributed by atoms with Crippen molar-refractivity contribution < 1.29 is 14.7 Å². The Morgan fingerprint density at radius 3 is 2.63 bits per heavy atom. The summed E-state index contributed by atoms with van der Waals surface area (Å²) in [6.45, 7) is 5.96. The second kappa shape index (κ2) is 4.64. The molecule has 5 nitrogen and oxygen atoms in total. The lowest BCUT2D eigenvalue weighted by Gasteiger charge is -2.08. The van der Waals surface area contributed by atoms with Crippen LogP contribution in [0.4, 0.5) is 0 Å². The molecule has 2 N–H and O–H groups in total. The Hall–Kier alpha value is -1.91. The van der Waals surface area contributed by atoms with Crippen molar-refractivity contribution >= 4 is 11.9 Å². The number of aliphatic carboxylic acids is 1. The van der Waals surface area contributed by atoms with Gasteiger partial charge in [0.15, 0.2) is 0 Å². The van der Waals surface area contributed by atoms with Crippen LogP contribution in [0.25, 0.3) is 0 Å². The summed E-state index contributed by atoms with van der Waals surface area (Å²) in [7, 11) is 0. The Kier molecular flexibility index (Phi) is 3.30. The molecule has 102 valence electrons. The van der Waals surface area contributed by atoms with Gasteiger partial charge in [-0.1, -0.05) is 13.8 Å². The number of aryl methyl sites for hydroxylation is 1. The Labute approximate surface area is 112 Å². The van der Waals surface area contributed by atoms with Gasteiger partial charge in [0, 0.05) is 18.9 Å². The summed E-state index contributed by atoms with van der Waals surface area (Å²) in [6.07, 6.45) is 3.41. The van der Waals surface area contributed by atoms with Gasteiger partial charge in [-0.05, 0) is 29.5 Å². The first-order chi connectivity index (χ1) is 8.85. The predicted molar refractivity (Wildman–Crippen MR) is 69.2 cm³/mol. The topological polar surface area (TPSA) is 79.3 Å². The van der Waals surface area contributed by atoms with Crippen molar-refractivity contribution in [1.29, 1.82) is 0 Å². The molecule has 2 rings (SSSR count). The summed E-state index contributed by atoms with van der Waals surface area (Å²) in [5, 5.41) is 11.9. The molecule has 1 saturated carbocycles. The number of amides is 1. The van der Waals surface area contributed by atoms with Crippen LogP contribution in [-0.2, 0) is 16.1 Å². The van der Waals surface area contributed by atoms with Crippen LogP contribution in [0.3, 0.4) is 0 Å². The summed E-state index contributed by atoms with van der Waals surface area (Å²) in [5.41, 5.74) is 1.55. The van der Waals surface area contributed by atoms with E-state index in [1.807, 2.05) is 26.8 Å². The van der Waals surface area contributed by atoms with Crippen molar-refractivity contribution in [3.8, 4) is 0 Å². The fraction of sp³-hybridized carbons (Fsp3) is 0.500. The Morgan fingerprint density at radius 2 is 2.11 bits per heavy atom. The van der Waals surface area contributed by atoms with Crippen LogP contribution >= 0.6 is 0 Å². The van der Waals surface area contributed by atoms with Crippen molar-refractivity contribution in [3.05, 3.63) is 29.6 Å². The summed E-state index contributed by atoms with van der Waals surface area (Å²) < 4.78 is 0. The summed E-state index contributed by atoms with van der Waals surface area (Å²) in [5.74, 6) is -2.10. The van der Waals surface area contributed by atoms with Crippen molar-refractivity contribution in [3.63, 3.8) is 0 Å². The van der Waals surface area contributed by atoms with Gasteiger partial charge in [-0.15, -0.1) is 0 Å². The molecule has 5 heteroatoms. The van der Waals surface area contributed by atoms with Gasteiger partial charge in [0.1, 0.15) is 0 Å². The fourth-order valence-electron chi connectivity index (χ4n) is 2.58. The van der Waals surface area contributed by atoms with E-state index in [0.717, 1.165) is 11.1 Å². The number of carbonyl (C=O) groups excluding carboxylic acids is 1. The second-order valence-corrected chi connectivity index (χ2v) is 5.63. The van der Waals surface area contributed by atoms with Crippen LogP contribution in [0.2, 0.25) is 0 Å². The van der Waals surface area contributed by atoms with E-state index in [1.54, 1.807) is 12.4 Å². The zero-order chi connectivity index (χ0) is 14.2. The minimum Gasteiger partial charge on any atom is -0.481 e. The number of carboxylic acid groups (broad SMARTS) is 1. The number of pyridine rings is 1. The highest BCUT2D eigenvalue weighted by molar-refractivity contribution is 5.91. The van der Waals surface area contributed by atoms with E-state index in [1.165, 1.54) is 0 Å². The largest absolute Gasteiger partial charge is 0.481 e. The molecule has 0 radical (unpaired) electrons. The lowest BCUT2D eigenvalue weighted by Crippen LogP contribution is -2.27. The summed E-state index contributed by atoms with van der Waals surface area (Å²) in [6, 6.07) is 1.85. The Morgan fingerprint density at radius 1 is 1.42 bits per heavy atom. The Bertz CT molecular complexity index is 525. The second-order valence-electron chi connectivity index (χ2n) is 5.63. The van der Waals surface area contributed by atoms with Gasteiger partial charge < -0.3 is 10.4 Å². The standard InChI is InChI=1S/C14H18N2O3/c1-8-6-15-5-4-9(8)7-16-12(17)10-11(13(18)19)14(10,2)3/h4-6,10-11H,7H2,1-3H3,(H,16,17)(H,18,19). The monoisotopic (exact) mass is 262 g/mol. The molecule has 19 heavy (non-hydrogen) atoms. The molecule has 1 amide bonds. The molecule has 0 spiro atoms. The smallest absolute Gasteiger partial charge is 0.307 e. The van der Waals surface area contributed by atoms with Crippen molar-refractivity contribution in [2.24, 2.45) is 17.3 Å². The van der Waals surface area contributed by atoms with Gasteiger partial charge in [-0.3, -0.25) is 14.6 Å². The van der Waals surface area contributed by atoms with E-state index in [0.29, 0.717) is 6.54 Å². The van der Waals surface area contributed by atoms with Gasteiger partial charge >= 0.3 is 5.97 Å². The van der Waals surface area contributed by atoms with Crippen molar-refractivity contribution in [2.75, 3.05) is 0 Å². The summed E-state index contributed by atoms with van der Waals surface area (Å²) >= 11 is 0. The van der Waals surface area contributed by atoms with Gasteiger partial charge in [-0.25, -0.2) is 0 Å². The fourth-order valence-corrected chi connectivity index (χ4v) is 2.58. The number of carbonyl (C=O) groups is 2. The van der Waals surface area contributed by atoms with Crippen LogP contribution < -0.4 is 5.32 Å². The lowest BCUT2D eigenvalue weighted by atomic mass is 10.1. The maximum absolute atomic E-state index is 12.0. The van der Waals surface area contributed by atoms with E-state index < -0.39 is 23.2 Å². The molecule has 0 aromatic carbocycles. The van der Waals surface area contributed by atoms with Crippen molar-refractivity contribution in [2.45, 2.75) is 27.3 Å². The van der Waals surface area contributed by atoms with Crippen LogP contribution in [0, 0.1) is 24.2 Å². The minimum absolute atomic E-state index is 0.186. The third-order valence-electron chi connectivity index (χ3n) is 3.97. The van der Waals surface area contributed by atoms with E-state index >= 15 is 0 Å². The van der Waals surface area contributed by atoms with E-state index in [4.69, 9.17) is 5.11 Å². The van der Waals surface area contributed by atoms with Gasteiger partial charge in [0.05, 0.1) is 11.8 Å². The molecule has 2 unspecified atom stereocenters. The highest BCUT2D eigenvalue weighted by atomic mass is 16.4. The zero-order valence-corrected chi connectivity index (χ0v) is 11.3. The molecule has 2 atom stereocenters. The minimum atomic E-state index is -0.898. The number of nitrogens with zero attached hydrogens (tertiary/aromatic N) is 1. The maximum atomic E-state index is 12.0. The van der Waals surface area contributed by atoms with E-state index in [9.17, 15) is 9.59 Å². The van der Waals surface area contributed by atoms with Crippen molar-refractivity contribution in [1.82, 2.24) is 10.3 Å². The van der Waals surface area contributed by atoms with Gasteiger partial charge in [0.2, 0.25) is 5.91 Å². The Balaban J connectivity index is 1.97. The average molecular weight is 262 g/mol. The first-order valence-corrected chi connectivity index (χ1v) is 6.25. The first kappa shape index (κ1) is 13.5. The SMILES string of the molecule is Cc1cnccc1CNC(=O)C1C(C(=O)O)C1(C)C. The maximum Gasteiger partial charge on any atom is 0.307 e. The van der Waals surface area contributed by atoms with E-state index in [-0.39, 0.29) is 5.91 Å². The van der Waals surface area contributed by atoms with Crippen LogP contribution in [-0.4, -0.2) is 22.0 Å². The van der Waals surface area contributed by atoms with Crippen LogP contribution in [0.15, 0.2) is 18.5 Å². The molecular weight excluding hydrogens is 244 g/mol. The quantitative estimate of drug-likeness (QED) is 0.858. The molecule has 1 aliphatic carbocycles. The molecule has 1 fully saturated rings. The molecular formula is C14H18N2O3. The number of carboxylic acids is 1. The number of aromatic nitrogens is 1. The summed E-state index contributed by atoms with van der Waals surface area (Å²) in [4.78, 5) is 27.0. The third kappa shape index (κ3) is 2.45. The highest BCUT2D eigenvalue weighted by Gasteiger charge is 2.65. The number of hydrogen-bond acceptors (Lipinski definition) is 3. The number of rotatable bonds is 4. The average Bonchev–Trinajstić information content (AvgIpc) is 2.91. The molecule has 1 aromatic heterocycles. The van der Waals surface area contributed by atoms with Crippen LogP contribution in [0.5, 0.6) is 0 Å². The van der Waals surface area contributed by atoms with Crippen LogP contribution in [0.1, 0.15) is 25.0 Å². The molecule has 1 aliphatic rings. The molecule has 0 aliphatic heterocycles.